The number of ether oxygens (including phenoxy) is 3. The third-order valence-corrected chi connectivity index (χ3v) is 5.59. The van der Waals surface area contributed by atoms with Crippen molar-refractivity contribution in [1.82, 2.24) is 0 Å². The first-order valence-electron chi connectivity index (χ1n) is 10.1. The zero-order valence-corrected chi connectivity index (χ0v) is 19.5. The lowest BCUT2D eigenvalue weighted by Crippen LogP contribution is -2.45. The van der Waals surface area contributed by atoms with Crippen molar-refractivity contribution in [3.63, 3.8) is 0 Å². The Morgan fingerprint density at radius 2 is 1.47 bits per heavy atom. The molecule has 1 amide bonds. The van der Waals surface area contributed by atoms with Crippen molar-refractivity contribution in [3.8, 4) is 17.2 Å². The smallest absolute Gasteiger partial charge is 0.390 e. The molecule has 0 fully saturated rings. The lowest BCUT2D eigenvalue weighted by molar-refractivity contribution is -0.153. The van der Waals surface area contributed by atoms with E-state index in [-0.39, 0.29) is 33.4 Å². The quantitative estimate of drug-likeness (QED) is 0.403. The lowest BCUT2D eigenvalue weighted by atomic mass is 9.70. The van der Waals surface area contributed by atoms with E-state index in [1.165, 1.54) is 57.7 Å². The van der Waals surface area contributed by atoms with Gasteiger partial charge in [0.15, 0.2) is 11.5 Å². The Morgan fingerprint density at radius 3 is 1.97 bits per heavy atom. The average molecular weight is 494 g/mol. The molecule has 0 radical (unpaired) electrons. The number of hydrogen-bond donors (Lipinski definition) is 1. The molecule has 0 spiro atoms. The molecule has 5 nitrogen and oxygen atoms in total. The van der Waals surface area contributed by atoms with Gasteiger partial charge in [0.25, 0.3) is 0 Å². The van der Waals surface area contributed by atoms with E-state index in [0.717, 1.165) is 0 Å². The zero-order valence-electron chi connectivity index (χ0n) is 18.7. The van der Waals surface area contributed by atoms with Crippen LogP contribution in [0.25, 0.3) is 0 Å². The van der Waals surface area contributed by atoms with Gasteiger partial charge in [-0.3, -0.25) is 4.79 Å². The van der Waals surface area contributed by atoms with Crippen molar-refractivity contribution in [3.05, 3.63) is 82.9 Å². The SMILES string of the molecule is COc1cc([C@@](CC(F)(F)F)(C(=O)Nc2ccccc2)c2cccc(Cl)c2)cc(OC)c1OC. The van der Waals surface area contributed by atoms with Crippen molar-refractivity contribution in [2.75, 3.05) is 26.6 Å². The maximum absolute atomic E-state index is 14.1. The average Bonchev–Trinajstić information content (AvgIpc) is 2.81. The first-order chi connectivity index (χ1) is 16.1. The van der Waals surface area contributed by atoms with Gasteiger partial charge in [0, 0.05) is 10.7 Å². The zero-order chi connectivity index (χ0) is 24.9. The maximum atomic E-state index is 14.1. The number of benzene rings is 3. The first-order valence-corrected chi connectivity index (χ1v) is 10.5. The summed E-state index contributed by atoms with van der Waals surface area (Å²) in [5.74, 6) is -0.493. The Kier molecular flexibility index (Phi) is 7.61. The summed E-state index contributed by atoms with van der Waals surface area (Å²) >= 11 is 6.16. The summed E-state index contributed by atoms with van der Waals surface area (Å²) < 4.78 is 58.4. The minimum absolute atomic E-state index is 0.00461. The molecule has 0 aromatic heterocycles. The van der Waals surface area contributed by atoms with Crippen LogP contribution in [0.4, 0.5) is 18.9 Å². The molecule has 0 bridgehead atoms. The van der Waals surface area contributed by atoms with Gasteiger partial charge in [-0.25, -0.2) is 0 Å². The van der Waals surface area contributed by atoms with Crippen LogP contribution < -0.4 is 19.5 Å². The molecular formula is C25H23ClF3NO4. The largest absolute Gasteiger partial charge is 0.493 e. The molecule has 0 unspecified atom stereocenters. The highest BCUT2D eigenvalue weighted by atomic mass is 35.5. The Labute approximate surface area is 200 Å². The molecule has 3 aromatic carbocycles. The Bertz CT molecular complexity index is 1130. The maximum Gasteiger partial charge on any atom is 0.390 e. The fraction of sp³-hybridized carbons (Fsp3) is 0.240. The topological polar surface area (TPSA) is 56.8 Å². The van der Waals surface area contributed by atoms with Crippen molar-refractivity contribution in [2.24, 2.45) is 0 Å². The van der Waals surface area contributed by atoms with Gasteiger partial charge in [-0.05, 0) is 47.5 Å². The van der Waals surface area contributed by atoms with Gasteiger partial charge in [0.1, 0.15) is 5.41 Å². The van der Waals surface area contributed by atoms with Crippen LogP contribution in [0.5, 0.6) is 17.2 Å². The molecule has 0 aliphatic carbocycles. The molecule has 1 atom stereocenters. The number of anilines is 1. The van der Waals surface area contributed by atoms with Crippen LogP contribution >= 0.6 is 11.6 Å². The molecule has 0 saturated carbocycles. The van der Waals surface area contributed by atoms with E-state index < -0.39 is 23.9 Å². The number of methoxy groups -OCH3 is 3. The number of nitrogens with one attached hydrogen (secondary N) is 1. The van der Waals surface area contributed by atoms with Crippen LogP contribution in [-0.2, 0) is 10.2 Å². The predicted molar refractivity (Wildman–Crippen MR) is 124 cm³/mol. The molecule has 0 saturated heterocycles. The van der Waals surface area contributed by atoms with Gasteiger partial charge >= 0.3 is 6.18 Å². The van der Waals surface area contributed by atoms with E-state index in [2.05, 4.69) is 5.32 Å². The van der Waals surface area contributed by atoms with Crippen LogP contribution in [-0.4, -0.2) is 33.4 Å². The fourth-order valence-corrected chi connectivity index (χ4v) is 4.04. The molecule has 3 rings (SSSR count). The van der Waals surface area contributed by atoms with Gasteiger partial charge < -0.3 is 19.5 Å². The molecule has 3 aromatic rings. The van der Waals surface area contributed by atoms with Gasteiger partial charge in [0.2, 0.25) is 11.7 Å². The summed E-state index contributed by atoms with van der Waals surface area (Å²) in [6.45, 7) is 0. The standard InChI is InChI=1S/C25H23ClF3NO4/c1-32-20-13-17(14-21(33-2)22(20)34-3)24(15-25(27,28)29,16-8-7-9-18(26)12-16)23(31)30-19-10-5-4-6-11-19/h4-14H,15H2,1-3H3,(H,30,31)/t24-/m0/s1. The van der Waals surface area contributed by atoms with Crippen LogP contribution in [0.3, 0.4) is 0 Å². The van der Waals surface area contributed by atoms with Gasteiger partial charge in [-0.2, -0.15) is 13.2 Å². The second kappa shape index (κ2) is 10.3. The molecular weight excluding hydrogens is 471 g/mol. The second-order valence-corrected chi connectivity index (χ2v) is 7.88. The molecule has 1 N–H and O–H groups in total. The van der Waals surface area contributed by atoms with E-state index in [9.17, 15) is 18.0 Å². The number of amides is 1. The Hall–Kier alpha value is -3.39. The fourth-order valence-electron chi connectivity index (χ4n) is 3.85. The van der Waals surface area contributed by atoms with Crippen molar-refractivity contribution >= 4 is 23.2 Å². The number of carbonyl (C=O) groups excluding carboxylic acids is 1. The summed E-state index contributed by atoms with van der Waals surface area (Å²) in [5.41, 5.74) is -1.84. The first kappa shape index (κ1) is 25.2. The minimum Gasteiger partial charge on any atom is -0.493 e. The molecule has 34 heavy (non-hydrogen) atoms. The van der Waals surface area contributed by atoms with Gasteiger partial charge in [0.05, 0.1) is 27.8 Å². The predicted octanol–water partition coefficient (Wildman–Crippen LogP) is 6.24. The highest BCUT2D eigenvalue weighted by Crippen LogP contribution is 2.48. The monoisotopic (exact) mass is 493 g/mol. The Morgan fingerprint density at radius 1 is 0.853 bits per heavy atom. The summed E-state index contributed by atoms with van der Waals surface area (Å²) in [6, 6.07) is 16.7. The van der Waals surface area contributed by atoms with Gasteiger partial charge in [-0.1, -0.05) is 41.9 Å². The van der Waals surface area contributed by atoms with E-state index in [1.807, 2.05) is 0 Å². The normalized spacial score (nSPS) is 13.0. The molecule has 180 valence electrons. The van der Waals surface area contributed by atoms with E-state index in [0.29, 0.717) is 5.69 Å². The summed E-state index contributed by atoms with van der Waals surface area (Å²) in [6.07, 6.45) is -6.23. The van der Waals surface area contributed by atoms with Crippen LogP contribution in [0, 0.1) is 0 Å². The van der Waals surface area contributed by atoms with Gasteiger partial charge in [-0.15, -0.1) is 0 Å². The second-order valence-electron chi connectivity index (χ2n) is 7.44. The highest BCUT2D eigenvalue weighted by Gasteiger charge is 2.51. The lowest BCUT2D eigenvalue weighted by Gasteiger charge is -2.35. The van der Waals surface area contributed by atoms with E-state index >= 15 is 0 Å². The molecule has 0 aliphatic rings. The van der Waals surface area contributed by atoms with Crippen LogP contribution in [0.2, 0.25) is 5.02 Å². The minimum atomic E-state index is -4.73. The van der Waals surface area contributed by atoms with E-state index in [4.69, 9.17) is 25.8 Å². The third-order valence-electron chi connectivity index (χ3n) is 5.36. The van der Waals surface area contributed by atoms with Crippen molar-refractivity contribution in [2.45, 2.75) is 18.0 Å². The van der Waals surface area contributed by atoms with E-state index in [1.54, 1.807) is 30.3 Å². The number of halogens is 4. The number of rotatable bonds is 8. The summed E-state index contributed by atoms with van der Waals surface area (Å²) in [5, 5.41) is 2.81. The van der Waals surface area contributed by atoms with Crippen molar-refractivity contribution in [1.29, 1.82) is 0 Å². The molecule has 9 heteroatoms. The number of hydrogen-bond acceptors (Lipinski definition) is 4. The van der Waals surface area contributed by atoms with Crippen LogP contribution in [0.1, 0.15) is 17.5 Å². The summed E-state index contributed by atoms with van der Waals surface area (Å²) in [4.78, 5) is 13.8. The number of carbonyl (C=O) groups is 1. The summed E-state index contributed by atoms with van der Waals surface area (Å²) in [7, 11) is 4.06. The van der Waals surface area contributed by atoms with Crippen molar-refractivity contribution < 1.29 is 32.2 Å². The molecule has 0 aliphatic heterocycles. The number of para-hydroxylation sites is 1. The number of alkyl halides is 3. The Balaban J connectivity index is 2.37. The third kappa shape index (κ3) is 5.22. The van der Waals surface area contributed by atoms with Crippen LogP contribution in [0.15, 0.2) is 66.7 Å². The highest BCUT2D eigenvalue weighted by molar-refractivity contribution is 6.30. The molecule has 0 heterocycles.